The summed E-state index contributed by atoms with van der Waals surface area (Å²) < 4.78 is 2.37. The van der Waals surface area contributed by atoms with Gasteiger partial charge in [-0.05, 0) is 93.5 Å². The van der Waals surface area contributed by atoms with E-state index in [1.807, 2.05) is 0 Å². The van der Waals surface area contributed by atoms with Crippen molar-refractivity contribution in [1.82, 2.24) is 4.57 Å². The first-order valence-electron chi connectivity index (χ1n) is 18.4. The van der Waals surface area contributed by atoms with E-state index in [1.165, 1.54) is 66.3 Å². The third kappa shape index (κ3) is 5.02. The predicted octanol–water partition coefficient (Wildman–Crippen LogP) is 13.9. The van der Waals surface area contributed by atoms with Gasteiger partial charge in [0.05, 0.1) is 16.7 Å². The Labute approximate surface area is 310 Å². The van der Waals surface area contributed by atoms with Gasteiger partial charge in [-0.3, -0.25) is 0 Å². The molecule has 0 aliphatic heterocycles. The molecule has 252 valence electrons. The van der Waals surface area contributed by atoms with Crippen molar-refractivity contribution in [2.24, 2.45) is 0 Å². The molecule has 9 aromatic rings. The van der Waals surface area contributed by atoms with E-state index in [0.717, 1.165) is 22.7 Å². The molecule has 10 rings (SSSR count). The van der Waals surface area contributed by atoms with Crippen LogP contribution >= 0.6 is 0 Å². The minimum atomic E-state index is -0.0954. The van der Waals surface area contributed by atoms with Gasteiger partial charge in [0.25, 0.3) is 0 Å². The molecule has 0 fully saturated rings. The highest BCUT2D eigenvalue weighted by Gasteiger charge is 2.35. The number of para-hydroxylation sites is 3. The maximum Gasteiger partial charge on any atom is 0.0541 e. The molecular weight excluding hydrogens is 641 g/mol. The maximum atomic E-state index is 2.43. The molecule has 0 spiro atoms. The highest BCUT2D eigenvalue weighted by molar-refractivity contribution is 6.09. The summed E-state index contributed by atoms with van der Waals surface area (Å²) in [6.07, 6.45) is 0. The summed E-state index contributed by atoms with van der Waals surface area (Å²) in [6.45, 7) is 4.70. The van der Waals surface area contributed by atoms with Crippen molar-refractivity contribution in [3.63, 3.8) is 0 Å². The Hall–Kier alpha value is -6.64. The number of aromatic nitrogens is 1. The molecule has 0 bridgehead atoms. The lowest BCUT2D eigenvalue weighted by molar-refractivity contribution is 0.660. The minimum Gasteiger partial charge on any atom is -0.310 e. The average Bonchev–Trinajstić information content (AvgIpc) is 3.67. The van der Waals surface area contributed by atoms with E-state index in [9.17, 15) is 0 Å². The minimum absolute atomic E-state index is 0.0954. The van der Waals surface area contributed by atoms with E-state index < -0.39 is 0 Å². The van der Waals surface area contributed by atoms with Gasteiger partial charge in [0.2, 0.25) is 0 Å². The van der Waals surface area contributed by atoms with E-state index in [0.29, 0.717) is 0 Å². The maximum absolute atomic E-state index is 2.43. The van der Waals surface area contributed by atoms with Crippen LogP contribution in [0.1, 0.15) is 25.0 Å². The van der Waals surface area contributed by atoms with Crippen LogP contribution in [-0.4, -0.2) is 4.57 Å². The Balaban J connectivity index is 1.06. The lowest BCUT2D eigenvalue weighted by Crippen LogP contribution is -2.16. The highest BCUT2D eigenvalue weighted by Crippen LogP contribution is 2.51. The Morgan fingerprint density at radius 1 is 0.396 bits per heavy atom. The SMILES string of the molecule is CC1(C)c2ccccc2-c2ccc(N(c3ccc(-c4ccc(-n5c6ccccc6c6ccccc65)cc4)cc3)c3ccccc3-c3ccccc3)cc21. The first-order chi connectivity index (χ1) is 26.1. The number of hydrogen-bond donors (Lipinski definition) is 0. The molecule has 0 unspecified atom stereocenters. The molecule has 0 N–H and O–H groups in total. The molecule has 1 aliphatic rings. The molecule has 0 saturated heterocycles. The van der Waals surface area contributed by atoms with Crippen LogP contribution in [0.15, 0.2) is 194 Å². The van der Waals surface area contributed by atoms with Gasteiger partial charge in [-0.1, -0.05) is 153 Å². The fourth-order valence-electron chi connectivity index (χ4n) is 8.60. The van der Waals surface area contributed by atoms with Gasteiger partial charge in [-0.25, -0.2) is 0 Å². The second-order valence-corrected chi connectivity index (χ2v) is 14.6. The molecule has 0 amide bonds. The summed E-state index contributed by atoms with van der Waals surface area (Å²) in [4.78, 5) is 2.43. The molecule has 53 heavy (non-hydrogen) atoms. The number of rotatable bonds is 6. The van der Waals surface area contributed by atoms with Crippen molar-refractivity contribution in [2.45, 2.75) is 19.3 Å². The van der Waals surface area contributed by atoms with Crippen LogP contribution in [0, 0.1) is 0 Å². The van der Waals surface area contributed by atoms with Crippen LogP contribution in [-0.2, 0) is 5.41 Å². The Morgan fingerprint density at radius 3 is 1.62 bits per heavy atom. The smallest absolute Gasteiger partial charge is 0.0541 e. The Morgan fingerprint density at radius 2 is 0.925 bits per heavy atom. The van der Waals surface area contributed by atoms with E-state index in [4.69, 9.17) is 0 Å². The van der Waals surface area contributed by atoms with Crippen LogP contribution in [0.2, 0.25) is 0 Å². The molecule has 1 aliphatic carbocycles. The van der Waals surface area contributed by atoms with Gasteiger partial charge in [0.15, 0.2) is 0 Å². The number of benzene rings is 8. The normalized spacial score (nSPS) is 12.9. The van der Waals surface area contributed by atoms with Gasteiger partial charge >= 0.3 is 0 Å². The second kappa shape index (κ2) is 12.3. The molecule has 2 nitrogen and oxygen atoms in total. The van der Waals surface area contributed by atoms with Crippen molar-refractivity contribution in [3.8, 4) is 39.1 Å². The van der Waals surface area contributed by atoms with Crippen molar-refractivity contribution in [2.75, 3.05) is 4.90 Å². The third-order valence-electron chi connectivity index (χ3n) is 11.2. The monoisotopic (exact) mass is 678 g/mol. The van der Waals surface area contributed by atoms with Crippen molar-refractivity contribution < 1.29 is 0 Å². The third-order valence-corrected chi connectivity index (χ3v) is 11.2. The van der Waals surface area contributed by atoms with Crippen LogP contribution in [0.4, 0.5) is 17.1 Å². The van der Waals surface area contributed by atoms with Crippen LogP contribution in [0.5, 0.6) is 0 Å². The average molecular weight is 679 g/mol. The highest BCUT2D eigenvalue weighted by atomic mass is 15.1. The summed E-state index contributed by atoms with van der Waals surface area (Å²) in [6, 6.07) is 70.8. The number of anilines is 3. The second-order valence-electron chi connectivity index (χ2n) is 14.6. The summed E-state index contributed by atoms with van der Waals surface area (Å²) in [5.41, 5.74) is 17.1. The predicted molar refractivity (Wildman–Crippen MR) is 224 cm³/mol. The van der Waals surface area contributed by atoms with E-state index in [1.54, 1.807) is 0 Å². The molecule has 0 saturated carbocycles. The van der Waals surface area contributed by atoms with Gasteiger partial charge in [-0.15, -0.1) is 0 Å². The molecule has 2 heteroatoms. The summed E-state index contributed by atoms with van der Waals surface area (Å²) >= 11 is 0. The van der Waals surface area contributed by atoms with Gasteiger partial charge < -0.3 is 9.47 Å². The molecular formula is C51H38N2. The quantitative estimate of drug-likeness (QED) is 0.170. The van der Waals surface area contributed by atoms with Gasteiger partial charge in [0, 0.05) is 38.8 Å². The fourth-order valence-corrected chi connectivity index (χ4v) is 8.60. The Kier molecular flexibility index (Phi) is 7.19. The van der Waals surface area contributed by atoms with Crippen molar-refractivity contribution >= 4 is 38.9 Å². The zero-order valence-corrected chi connectivity index (χ0v) is 29.9. The molecule has 1 aromatic heterocycles. The topological polar surface area (TPSA) is 8.17 Å². The van der Waals surface area contributed by atoms with Gasteiger partial charge in [0.1, 0.15) is 0 Å². The van der Waals surface area contributed by atoms with E-state index in [2.05, 4.69) is 217 Å². The zero-order chi connectivity index (χ0) is 35.5. The van der Waals surface area contributed by atoms with Crippen LogP contribution < -0.4 is 4.90 Å². The van der Waals surface area contributed by atoms with Crippen LogP contribution in [0.3, 0.4) is 0 Å². The largest absolute Gasteiger partial charge is 0.310 e. The molecule has 0 radical (unpaired) electrons. The number of fused-ring (bicyclic) bond motifs is 6. The standard InChI is InChI=1S/C51H38N2/c1-51(2)46-20-10-6-17-42(46)43-33-32-40(34-47(43)51)52(48-21-11-7-16-41(48)37-14-4-3-5-15-37)38-28-24-35(25-29-38)36-26-30-39(31-27-36)53-49-22-12-8-18-44(49)45-19-9-13-23-50(45)53/h3-34H,1-2H3. The summed E-state index contributed by atoms with van der Waals surface area (Å²) in [5, 5.41) is 2.55. The fraction of sp³-hybridized carbons (Fsp3) is 0.0588. The molecule has 8 aromatic carbocycles. The lowest BCUT2D eigenvalue weighted by atomic mass is 9.82. The summed E-state index contributed by atoms with van der Waals surface area (Å²) in [7, 11) is 0. The Bertz CT molecular complexity index is 2730. The molecule has 0 atom stereocenters. The van der Waals surface area contributed by atoms with Crippen molar-refractivity contribution in [1.29, 1.82) is 0 Å². The lowest BCUT2D eigenvalue weighted by Gasteiger charge is -2.30. The first-order valence-corrected chi connectivity index (χ1v) is 18.4. The first kappa shape index (κ1) is 31.1. The van der Waals surface area contributed by atoms with Gasteiger partial charge in [-0.2, -0.15) is 0 Å². The number of nitrogens with zero attached hydrogens (tertiary/aromatic N) is 2. The van der Waals surface area contributed by atoms with E-state index in [-0.39, 0.29) is 5.41 Å². The zero-order valence-electron chi connectivity index (χ0n) is 29.9. The summed E-state index contributed by atoms with van der Waals surface area (Å²) in [5.74, 6) is 0. The van der Waals surface area contributed by atoms with Crippen molar-refractivity contribution in [3.05, 3.63) is 205 Å². The molecule has 1 heterocycles. The van der Waals surface area contributed by atoms with Crippen LogP contribution in [0.25, 0.3) is 60.9 Å². The number of hydrogen-bond acceptors (Lipinski definition) is 1. The van der Waals surface area contributed by atoms with E-state index >= 15 is 0 Å².